The van der Waals surface area contributed by atoms with Crippen molar-refractivity contribution in [2.45, 2.75) is 6.92 Å². The predicted molar refractivity (Wildman–Crippen MR) is 70.8 cm³/mol. The molecule has 100 valence electrons. The Morgan fingerprint density at radius 3 is 2.61 bits per heavy atom. The lowest BCUT2D eigenvalue weighted by atomic mass is 10.1. The highest BCUT2D eigenvalue weighted by atomic mass is 32.2. The first-order valence-corrected chi connectivity index (χ1v) is 7.28. The number of hydrogen-bond acceptors (Lipinski definition) is 4. The van der Waals surface area contributed by atoms with E-state index in [9.17, 15) is 13.2 Å². The van der Waals surface area contributed by atoms with E-state index >= 15 is 0 Å². The maximum atomic E-state index is 11.8. The van der Waals surface area contributed by atoms with Crippen LogP contribution in [0.2, 0.25) is 0 Å². The van der Waals surface area contributed by atoms with Gasteiger partial charge in [0.15, 0.2) is 0 Å². The monoisotopic (exact) mass is 271 g/mol. The molecule has 0 radical (unpaired) electrons. The van der Waals surface area contributed by atoms with Crippen LogP contribution in [0.1, 0.15) is 15.9 Å². The van der Waals surface area contributed by atoms with Crippen LogP contribution in [0, 0.1) is 6.92 Å². The minimum Gasteiger partial charge on any atom is -0.398 e. The van der Waals surface area contributed by atoms with Gasteiger partial charge in [0, 0.05) is 18.8 Å². The minimum absolute atomic E-state index is 0.149. The average molecular weight is 271 g/mol. The van der Waals surface area contributed by atoms with Crippen LogP contribution < -0.4 is 15.8 Å². The third kappa shape index (κ3) is 4.34. The molecule has 0 unspecified atom stereocenters. The van der Waals surface area contributed by atoms with Gasteiger partial charge in [0.25, 0.3) is 5.91 Å². The number of benzene rings is 1. The van der Waals surface area contributed by atoms with Crippen molar-refractivity contribution in [1.82, 2.24) is 10.0 Å². The van der Waals surface area contributed by atoms with Crippen LogP contribution in [-0.4, -0.2) is 33.7 Å². The number of carbonyl (C=O) groups excluding carboxylic acids is 1. The van der Waals surface area contributed by atoms with Crippen LogP contribution in [-0.2, 0) is 10.0 Å². The Labute approximate surface area is 107 Å². The van der Waals surface area contributed by atoms with E-state index < -0.39 is 10.0 Å². The second kappa shape index (κ2) is 5.83. The third-order valence-electron chi connectivity index (χ3n) is 2.34. The summed E-state index contributed by atoms with van der Waals surface area (Å²) < 4.78 is 23.9. The van der Waals surface area contributed by atoms with E-state index in [1.54, 1.807) is 12.1 Å². The lowest BCUT2D eigenvalue weighted by molar-refractivity contribution is 0.0955. The standard InChI is InChI=1S/C11H17N3O3S/c1-8-4-3-5-9(10(8)12)11(15)13-6-7-14-18(2,16)17/h3-5,14H,6-7,12H2,1-2H3,(H,13,15). The van der Waals surface area contributed by atoms with Crippen molar-refractivity contribution in [3.63, 3.8) is 0 Å². The van der Waals surface area contributed by atoms with Gasteiger partial charge in [0.1, 0.15) is 0 Å². The van der Waals surface area contributed by atoms with Crippen molar-refractivity contribution in [2.24, 2.45) is 0 Å². The molecule has 0 aromatic heterocycles. The Morgan fingerprint density at radius 2 is 2.00 bits per heavy atom. The Bertz CT molecular complexity index is 540. The van der Waals surface area contributed by atoms with Crippen molar-refractivity contribution >= 4 is 21.6 Å². The van der Waals surface area contributed by atoms with Crippen LogP contribution in [0.4, 0.5) is 5.69 Å². The second-order valence-corrected chi connectivity index (χ2v) is 5.79. The summed E-state index contributed by atoms with van der Waals surface area (Å²) >= 11 is 0. The molecule has 0 aliphatic carbocycles. The van der Waals surface area contributed by atoms with Crippen molar-refractivity contribution in [2.75, 3.05) is 25.1 Å². The number of rotatable bonds is 5. The highest BCUT2D eigenvalue weighted by Gasteiger charge is 2.10. The molecule has 0 spiro atoms. The molecule has 0 saturated heterocycles. The highest BCUT2D eigenvalue weighted by Crippen LogP contribution is 2.15. The zero-order chi connectivity index (χ0) is 13.8. The maximum Gasteiger partial charge on any atom is 0.253 e. The molecule has 0 saturated carbocycles. The van der Waals surface area contributed by atoms with Crippen LogP contribution in [0.3, 0.4) is 0 Å². The van der Waals surface area contributed by atoms with Gasteiger partial charge in [-0.05, 0) is 18.6 Å². The van der Waals surface area contributed by atoms with Crippen molar-refractivity contribution in [1.29, 1.82) is 0 Å². The number of anilines is 1. The number of carbonyl (C=O) groups is 1. The predicted octanol–water partition coefficient (Wildman–Crippen LogP) is -0.144. The fraction of sp³-hybridized carbons (Fsp3) is 0.364. The van der Waals surface area contributed by atoms with Gasteiger partial charge in [-0.3, -0.25) is 4.79 Å². The third-order valence-corrected chi connectivity index (χ3v) is 3.07. The van der Waals surface area contributed by atoms with Gasteiger partial charge < -0.3 is 11.1 Å². The first kappa shape index (κ1) is 14.5. The molecule has 0 atom stereocenters. The van der Waals surface area contributed by atoms with Crippen LogP contribution in [0.25, 0.3) is 0 Å². The summed E-state index contributed by atoms with van der Waals surface area (Å²) in [5, 5.41) is 2.59. The summed E-state index contributed by atoms with van der Waals surface area (Å²) in [6.45, 7) is 2.17. The van der Waals surface area contributed by atoms with Gasteiger partial charge in [-0.1, -0.05) is 12.1 Å². The highest BCUT2D eigenvalue weighted by molar-refractivity contribution is 7.88. The van der Waals surface area contributed by atoms with Crippen LogP contribution in [0.15, 0.2) is 18.2 Å². The maximum absolute atomic E-state index is 11.8. The molecule has 0 fully saturated rings. The number of nitrogen functional groups attached to an aromatic ring is 1. The summed E-state index contributed by atoms with van der Waals surface area (Å²) in [6, 6.07) is 5.19. The number of nitrogens with two attached hydrogens (primary N) is 1. The molecule has 18 heavy (non-hydrogen) atoms. The van der Waals surface area contributed by atoms with E-state index in [1.165, 1.54) is 0 Å². The number of hydrogen-bond donors (Lipinski definition) is 3. The Morgan fingerprint density at radius 1 is 1.33 bits per heavy atom. The second-order valence-electron chi connectivity index (χ2n) is 3.96. The molecule has 1 aromatic carbocycles. The molecule has 4 N–H and O–H groups in total. The SMILES string of the molecule is Cc1cccc(C(=O)NCCNS(C)(=O)=O)c1N. The molecule has 6 nitrogen and oxygen atoms in total. The minimum atomic E-state index is -3.23. The molecule has 0 aliphatic heterocycles. The molecule has 1 amide bonds. The van der Waals surface area contributed by atoms with Gasteiger partial charge in [-0.15, -0.1) is 0 Å². The number of amides is 1. The Kier molecular flexibility index (Phi) is 4.69. The Hall–Kier alpha value is -1.60. The summed E-state index contributed by atoms with van der Waals surface area (Å²) in [6.07, 6.45) is 1.06. The zero-order valence-corrected chi connectivity index (χ0v) is 11.2. The molecule has 0 aliphatic rings. The van der Waals surface area contributed by atoms with Gasteiger partial charge in [-0.2, -0.15) is 0 Å². The van der Waals surface area contributed by atoms with E-state index in [4.69, 9.17) is 5.73 Å². The van der Waals surface area contributed by atoms with E-state index in [2.05, 4.69) is 10.0 Å². The van der Waals surface area contributed by atoms with E-state index in [0.717, 1.165) is 11.8 Å². The summed E-state index contributed by atoms with van der Waals surface area (Å²) in [4.78, 5) is 11.8. The number of nitrogens with one attached hydrogen (secondary N) is 2. The molecule has 1 rings (SSSR count). The van der Waals surface area contributed by atoms with Crippen LogP contribution in [0.5, 0.6) is 0 Å². The molecule has 1 aromatic rings. The molecular weight excluding hydrogens is 254 g/mol. The number of aryl methyl sites for hydroxylation is 1. The molecule has 0 heterocycles. The first-order valence-electron chi connectivity index (χ1n) is 5.39. The lowest BCUT2D eigenvalue weighted by Crippen LogP contribution is -2.34. The quantitative estimate of drug-likeness (QED) is 0.512. The summed E-state index contributed by atoms with van der Waals surface area (Å²) in [5.74, 6) is -0.313. The van der Waals surface area contributed by atoms with Gasteiger partial charge in [0.05, 0.1) is 11.8 Å². The van der Waals surface area contributed by atoms with Crippen molar-refractivity contribution < 1.29 is 13.2 Å². The first-order chi connectivity index (χ1) is 8.31. The smallest absolute Gasteiger partial charge is 0.253 e. The largest absolute Gasteiger partial charge is 0.398 e. The molecular formula is C11H17N3O3S. The lowest BCUT2D eigenvalue weighted by Gasteiger charge is -2.09. The van der Waals surface area contributed by atoms with E-state index in [-0.39, 0.29) is 19.0 Å². The van der Waals surface area contributed by atoms with Gasteiger partial charge in [0.2, 0.25) is 10.0 Å². The molecule has 7 heteroatoms. The Balaban J connectivity index is 2.54. The van der Waals surface area contributed by atoms with Gasteiger partial charge in [-0.25, -0.2) is 13.1 Å². The average Bonchev–Trinajstić information content (AvgIpc) is 2.26. The summed E-state index contributed by atoms with van der Waals surface area (Å²) in [5.41, 5.74) is 7.45. The summed E-state index contributed by atoms with van der Waals surface area (Å²) in [7, 11) is -3.23. The van der Waals surface area contributed by atoms with Crippen LogP contribution >= 0.6 is 0 Å². The number of sulfonamides is 1. The topological polar surface area (TPSA) is 101 Å². The van der Waals surface area contributed by atoms with Gasteiger partial charge >= 0.3 is 0 Å². The van der Waals surface area contributed by atoms with Crippen molar-refractivity contribution in [3.8, 4) is 0 Å². The van der Waals surface area contributed by atoms with E-state index in [0.29, 0.717) is 11.3 Å². The fourth-order valence-corrected chi connectivity index (χ4v) is 1.86. The van der Waals surface area contributed by atoms with E-state index in [1.807, 2.05) is 13.0 Å². The van der Waals surface area contributed by atoms with Crippen molar-refractivity contribution in [3.05, 3.63) is 29.3 Å². The fourth-order valence-electron chi connectivity index (χ4n) is 1.39. The normalized spacial score (nSPS) is 11.2. The number of para-hydroxylation sites is 1. The molecule has 0 bridgehead atoms. The zero-order valence-electron chi connectivity index (χ0n) is 10.4.